The monoisotopic (exact) mass is 227 g/mol. The van der Waals surface area contributed by atoms with E-state index in [2.05, 4.69) is 5.32 Å². The van der Waals surface area contributed by atoms with Crippen molar-refractivity contribution in [2.45, 2.75) is 57.5 Å². The molecule has 1 saturated carbocycles. The van der Waals surface area contributed by atoms with E-state index in [0.29, 0.717) is 6.54 Å². The third-order valence-corrected chi connectivity index (χ3v) is 3.59. The molecule has 0 radical (unpaired) electrons. The van der Waals surface area contributed by atoms with Crippen molar-refractivity contribution in [3.05, 3.63) is 0 Å². The molecule has 1 rings (SSSR count). The van der Waals surface area contributed by atoms with Crippen molar-refractivity contribution in [1.29, 1.82) is 0 Å². The number of nitrogens with two attached hydrogens (primary N) is 1. The zero-order valence-electron chi connectivity index (χ0n) is 10.8. The van der Waals surface area contributed by atoms with E-state index in [1.165, 1.54) is 19.3 Å². The van der Waals surface area contributed by atoms with E-state index in [1.807, 2.05) is 25.8 Å². The summed E-state index contributed by atoms with van der Waals surface area (Å²) in [4.78, 5) is 13.8. The van der Waals surface area contributed by atoms with Crippen molar-refractivity contribution in [2.75, 3.05) is 13.6 Å². The Morgan fingerprint density at radius 1 is 1.38 bits per heavy atom. The van der Waals surface area contributed by atoms with E-state index in [1.54, 1.807) is 0 Å². The summed E-state index contributed by atoms with van der Waals surface area (Å²) in [5, 5.41) is 2.93. The van der Waals surface area contributed by atoms with E-state index in [9.17, 15) is 4.79 Å². The molecule has 94 valence electrons. The van der Waals surface area contributed by atoms with Crippen LogP contribution in [0.3, 0.4) is 0 Å². The number of hydrogen-bond donors (Lipinski definition) is 2. The fourth-order valence-electron chi connectivity index (χ4n) is 2.45. The highest BCUT2D eigenvalue weighted by Crippen LogP contribution is 2.32. The van der Waals surface area contributed by atoms with Gasteiger partial charge in [-0.1, -0.05) is 19.3 Å². The van der Waals surface area contributed by atoms with Gasteiger partial charge in [-0.2, -0.15) is 0 Å². The highest BCUT2D eigenvalue weighted by Gasteiger charge is 2.37. The highest BCUT2D eigenvalue weighted by molar-refractivity contribution is 5.75. The van der Waals surface area contributed by atoms with Gasteiger partial charge in [0.05, 0.1) is 5.54 Å². The molecule has 0 aliphatic heterocycles. The Bertz CT molecular complexity index is 234. The van der Waals surface area contributed by atoms with E-state index in [0.717, 1.165) is 12.8 Å². The average Bonchev–Trinajstić information content (AvgIpc) is 2.28. The highest BCUT2D eigenvalue weighted by atomic mass is 16.2. The minimum atomic E-state index is -0.114. The van der Waals surface area contributed by atoms with Crippen LogP contribution in [0, 0.1) is 0 Å². The molecule has 1 fully saturated rings. The zero-order valence-corrected chi connectivity index (χ0v) is 10.8. The van der Waals surface area contributed by atoms with Gasteiger partial charge in [0.15, 0.2) is 0 Å². The first-order chi connectivity index (χ1) is 7.52. The lowest BCUT2D eigenvalue weighted by Crippen LogP contribution is -2.58. The van der Waals surface area contributed by atoms with Gasteiger partial charge in [0.2, 0.25) is 0 Å². The molecule has 4 heteroatoms. The molecule has 0 aromatic carbocycles. The first-order valence-electron chi connectivity index (χ1n) is 6.26. The fraction of sp³-hybridized carbons (Fsp3) is 0.917. The predicted molar refractivity (Wildman–Crippen MR) is 66.3 cm³/mol. The molecule has 0 heterocycles. The second-order valence-electron chi connectivity index (χ2n) is 5.15. The van der Waals surface area contributed by atoms with Gasteiger partial charge < -0.3 is 16.0 Å². The molecule has 3 N–H and O–H groups in total. The molecule has 0 aromatic rings. The van der Waals surface area contributed by atoms with Crippen molar-refractivity contribution >= 4 is 6.03 Å². The molecule has 0 bridgehead atoms. The van der Waals surface area contributed by atoms with Gasteiger partial charge >= 0.3 is 6.03 Å². The summed E-state index contributed by atoms with van der Waals surface area (Å²) in [6.45, 7) is 4.51. The van der Waals surface area contributed by atoms with E-state index in [4.69, 9.17) is 5.73 Å². The molecule has 1 aliphatic carbocycles. The fourth-order valence-corrected chi connectivity index (χ4v) is 2.45. The molecule has 0 saturated heterocycles. The predicted octanol–water partition coefficient (Wildman–Crippen LogP) is 1.70. The summed E-state index contributed by atoms with van der Waals surface area (Å²) >= 11 is 0. The van der Waals surface area contributed by atoms with Crippen molar-refractivity contribution in [3.8, 4) is 0 Å². The molecule has 1 aliphatic rings. The minimum absolute atomic E-state index is 0.00218. The Morgan fingerprint density at radius 2 is 1.94 bits per heavy atom. The largest absolute Gasteiger partial charge is 0.336 e. The second-order valence-corrected chi connectivity index (χ2v) is 5.15. The molecule has 0 aromatic heterocycles. The lowest BCUT2D eigenvalue weighted by molar-refractivity contribution is 0.103. The van der Waals surface area contributed by atoms with Crippen LogP contribution in [0.25, 0.3) is 0 Å². The number of carbonyl (C=O) groups excluding carboxylic acids is 1. The number of likely N-dealkylation sites (N-methyl/N-ethyl adjacent to an activating group) is 1. The van der Waals surface area contributed by atoms with Gasteiger partial charge in [-0.3, -0.25) is 0 Å². The van der Waals surface area contributed by atoms with Crippen LogP contribution >= 0.6 is 0 Å². The van der Waals surface area contributed by atoms with Gasteiger partial charge in [0.1, 0.15) is 0 Å². The number of hydrogen-bond acceptors (Lipinski definition) is 2. The Hall–Kier alpha value is -0.770. The third-order valence-electron chi connectivity index (χ3n) is 3.59. The maximum absolute atomic E-state index is 12.0. The van der Waals surface area contributed by atoms with Crippen LogP contribution in [0.15, 0.2) is 0 Å². The first kappa shape index (κ1) is 13.3. The van der Waals surface area contributed by atoms with Crippen LogP contribution in [0.4, 0.5) is 4.79 Å². The minimum Gasteiger partial charge on any atom is -0.336 e. The number of carbonyl (C=O) groups is 1. The van der Waals surface area contributed by atoms with Crippen LogP contribution in [-0.2, 0) is 0 Å². The molecular formula is C12H25N3O. The Balaban J connectivity index is 2.67. The molecule has 2 amide bonds. The summed E-state index contributed by atoms with van der Waals surface area (Å²) < 4.78 is 0. The maximum Gasteiger partial charge on any atom is 0.317 e. The van der Waals surface area contributed by atoms with Crippen LogP contribution in [0.1, 0.15) is 46.0 Å². The molecule has 0 unspecified atom stereocenters. The van der Waals surface area contributed by atoms with Crippen molar-refractivity contribution in [3.63, 3.8) is 0 Å². The van der Waals surface area contributed by atoms with Crippen molar-refractivity contribution < 1.29 is 4.79 Å². The standard InChI is InChI=1S/C12H25N3O/c1-10(2)14-11(16)15(3)12(9-13)7-5-4-6-8-12/h10H,4-9,13H2,1-3H3,(H,14,16). The topological polar surface area (TPSA) is 58.4 Å². The first-order valence-corrected chi connectivity index (χ1v) is 6.26. The lowest BCUT2D eigenvalue weighted by atomic mass is 9.80. The maximum atomic E-state index is 12.0. The Morgan fingerprint density at radius 3 is 2.38 bits per heavy atom. The number of nitrogens with one attached hydrogen (secondary N) is 1. The van der Waals surface area contributed by atoms with E-state index < -0.39 is 0 Å². The summed E-state index contributed by atoms with van der Waals surface area (Å²) in [6, 6.07) is 0.177. The molecule has 0 atom stereocenters. The van der Waals surface area contributed by atoms with Gasteiger partial charge in [-0.05, 0) is 26.7 Å². The summed E-state index contributed by atoms with van der Waals surface area (Å²) in [6.07, 6.45) is 5.69. The molecule has 4 nitrogen and oxygen atoms in total. The molecule has 16 heavy (non-hydrogen) atoms. The third kappa shape index (κ3) is 2.88. The number of urea groups is 1. The average molecular weight is 227 g/mol. The lowest BCUT2D eigenvalue weighted by Gasteiger charge is -2.44. The quantitative estimate of drug-likeness (QED) is 0.771. The molecule has 0 spiro atoms. The number of amides is 2. The van der Waals surface area contributed by atoms with Crippen LogP contribution < -0.4 is 11.1 Å². The Kier molecular flexibility index (Phi) is 4.59. The smallest absolute Gasteiger partial charge is 0.317 e. The SMILES string of the molecule is CC(C)NC(=O)N(C)C1(CN)CCCCC1. The zero-order chi connectivity index (χ0) is 12.2. The van der Waals surface area contributed by atoms with Gasteiger partial charge in [-0.15, -0.1) is 0 Å². The number of rotatable bonds is 3. The van der Waals surface area contributed by atoms with Crippen LogP contribution in [-0.4, -0.2) is 36.1 Å². The van der Waals surface area contributed by atoms with E-state index >= 15 is 0 Å². The number of nitrogens with zero attached hydrogens (tertiary/aromatic N) is 1. The van der Waals surface area contributed by atoms with Crippen LogP contribution in [0.2, 0.25) is 0 Å². The van der Waals surface area contributed by atoms with Gasteiger partial charge in [0, 0.05) is 19.6 Å². The normalized spacial score (nSPS) is 19.6. The van der Waals surface area contributed by atoms with Crippen molar-refractivity contribution in [1.82, 2.24) is 10.2 Å². The summed E-state index contributed by atoms with van der Waals surface area (Å²) in [5.41, 5.74) is 5.77. The second kappa shape index (κ2) is 5.53. The van der Waals surface area contributed by atoms with Crippen molar-refractivity contribution in [2.24, 2.45) is 5.73 Å². The van der Waals surface area contributed by atoms with Gasteiger partial charge in [0.25, 0.3) is 0 Å². The Labute approximate surface area is 98.6 Å². The van der Waals surface area contributed by atoms with Gasteiger partial charge in [-0.25, -0.2) is 4.79 Å². The van der Waals surface area contributed by atoms with E-state index in [-0.39, 0.29) is 17.6 Å². The van der Waals surface area contributed by atoms with Crippen LogP contribution in [0.5, 0.6) is 0 Å². The summed E-state index contributed by atoms with van der Waals surface area (Å²) in [7, 11) is 1.87. The summed E-state index contributed by atoms with van der Waals surface area (Å²) in [5.74, 6) is 0. The molecular weight excluding hydrogens is 202 g/mol.